The van der Waals surface area contributed by atoms with Crippen LogP contribution in [0.2, 0.25) is 0 Å². The van der Waals surface area contributed by atoms with E-state index in [-0.39, 0.29) is 47.9 Å². The standard InChI is InChI=1S/C19H20N6O2/c1-11-6-8-12(9-7-11)21-19-23-15(22-18(20)24-19)10-25-16(26)13-4-2-3-5-14(13)17(25)27/h2-3,6-9,13-14H,4-5,10H2,1H3,(H3,20,21,22,23,24). The van der Waals surface area contributed by atoms with Crippen LogP contribution in [0.4, 0.5) is 17.6 Å². The lowest BCUT2D eigenvalue weighted by Gasteiger charge is -2.14. The highest BCUT2D eigenvalue weighted by Gasteiger charge is 2.47. The number of aryl methyl sites for hydroxylation is 1. The Morgan fingerprint density at radius 3 is 2.30 bits per heavy atom. The van der Waals surface area contributed by atoms with Crippen molar-refractivity contribution in [2.24, 2.45) is 11.8 Å². The second-order valence-electron chi connectivity index (χ2n) is 6.84. The maximum absolute atomic E-state index is 12.6. The minimum absolute atomic E-state index is 0.0000352. The van der Waals surface area contributed by atoms with Crippen molar-refractivity contribution >= 4 is 29.4 Å². The molecule has 8 nitrogen and oxygen atoms in total. The van der Waals surface area contributed by atoms with Gasteiger partial charge in [0.25, 0.3) is 0 Å². The normalized spacial score (nSPS) is 21.4. The molecule has 0 bridgehead atoms. The quantitative estimate of drug-likeness (QED) is 0.629. The lowest BCUT2D eigenvalue weighted by molar-refractivity contribution is -0.140. The third-order valence-electron chi connectivity index (χ3n) is 4.91. The molecule has 0 radical (unpaired) electrons. The van der Waals surface area contributed by atoms with Gasteiger partial charge < -0.3 is 11.1 Å². The van der Waals surface area contributed by atoms with Crippen LogP contribution in [-0.2, 0) is 16.1 Å². The molecule has 1 fully saturated rings. The van der Waals surface area contributed by atoms with Crippen LogP contribution in [0.15, 0.2) is 36.4 Å². The van der Waals surface area contributed by atoms with Gasteiger partial charge in [0.05, 0.1) is 18.4 Å². The number of rotatable bonds is 4. The van der Waals surface area contributed by atoms with Gasteiger partial charge in [0.2, 0.25) is 23.7 Å². The molecule has 0 spiro atoms. The Morgan fingerprint density at radius 1 is 1.04 bits per heavy atom. The SMILES string of the molecule is Cc1ccc(Nc2nc(N)nc(CN3C(=O)C4CC=CCC4C3=O)n2)cc1. The second-order valence-corrected chi connectivity index (χ2v) is 6.84. The number of nitrogens with two attached hydrogens (primary N) is 1. The van der Waals surface area contributed by atoms with Gasteiger partial charge in [0.15, 0.2) is 5.82 Å². The lowest BCUT2D eigenvalue weighted by Crippen LogP contribution is -2.31. The van der Waals surface area contributed by atoms with E-state index in [4.69, 9.17) is 5.73 Å². The van der Waals surface area contributed by atoms with Crippen molar-refractivity contribution in [3.63, 3.8) is 0 Å². The molecule has 27 heavy (non-hydrogen) atoms. The largest absolute Gasteiger partial charge is 0.368 e. The molecule has 2 unspecified atom stereocenters. The van der Waals surface area contributed by atoms with Gasteiger partial charge >= 0.3 is 0 Å². The van der Waals surface area contributed by atoms with E-state index in [1.807, 2.05) is 43.3 Å². The number of likely N-dealkylation sites (tertiary alicyclic amines) is 1. The van der Waals surface area contributed by atoms with Crippen molar-refractivity contribution in [3.8, 4) is 0 Å². The number of anilines is 3. The topological polar surface area (TPSA) is 114 Å². The number of hydrogen-bond acceptors (Lipinski definition) is 7. The number of carbonyl (C=O) groups excluding carboxylic acids is 2. The van der Waals surface area contributed by atoms with Crippen LogP contribution in [0, 0.1) is 18.8 Å². The van der Waals surface area contributed by atoms with Crippen molar-refractivity contribution in [2.75, 3.05) is 11.1 Å². The summed E-state index contributed by atoms with van der Waals surface area (Å²) >= 11 is 0. The van der Waals surface area contributed by atoms with Gasteiger partial charge in [0.1, 0.15) is 0 Å². The first-order valence-corrected chi connectivity index (χ1v) is 8.85. The summed E-state index contributed by atoms with van der Waals surface area (Å²) in [4.78, 5) is 38.9. The highest BCUT2D eigenvalue weighted by molar-refractivity contribution is 6.05. The molecule has 1 saturated heterocycles. The van der Waals surface area contributed by atoms with Crippen LogP contribution < -0.4 is 11.1 Å². The van der Waals surface area contributed by atoms with E-state index in [2.05, 4.69) is 20.3 Å². The maximum atomic E-state index is 12.6. The number of fused-ring (bicyclic) bond motifs is 1. The van der Waals surface area contributed by atoms with Crippen LogP contribution >= 0.6 is 0 Å². The Bertz CT molecular complexity index is 898. The van der Waals surface area contributed by atoms with E-state index < -0.39 is 0 Å². The van der Waals surface area contributed by atoms with Crippen LogP contribution in [0.1, 0.15) is 24.2 Å². The van der Waals surface area contributed by atoms with E-state index >= 15 is 0 Å². The summed E-state index contributed by atoms with van der Waals surface area (Å²) in [6.07, 6.45) is 5.12. The number of benzene rings is 1. The molecule has 1 aromatic heterocycles. The molecule has 8 heteroatoms. The molecule has 0 saturated carbocycles. The average molecular weight is 364 g/mol. The molecule has 2 atom stereocenters. The van der Waals surface area contributed by atoms with Gasteiger partial charge in [-0.2, -0.15) is 15.0 Å². The zero-order valence-electron chi connectivity index (χ0n) is 14.9. The summed E-state index contributed by atoms with van der Waals surface area (Å²) in [5.41, 5.74) is 7.74. The highest BCUT2D eigenvalue weighted by Crippen LogP contribution is 2.35. The summed E-state index contributed by atoms with van der Waals surface area (Å²) in [7, 11) is 0. The first-order chi connectivity index (χ1) is 13.0. The molecule has 2 heterocycles. The van der Waals surface area contributed by atoms with Crippen LogP contribution in [0.25, 0.3) is 0 Å². The molecule has 4 rings (SSSR count). The zero-order chi connectivity index (χ0) is 19.0. The van der Waals surface area contributed by atoms with Crippen molar-refractivity contribution < 1.29 is 9.59 Å². The van der Waals surface area contributed by atoms with Crippen molar-refractivity contribution in [2.45, 2.75) is 26.3 Å². The maximum Gasteiger partial charge on any atom is 0.233 e. The first-order valence-electron chi connectivity index (χ1n) is 8.85. The number of amides is 2. The number of aromatic nitrogens is 3. The molecule has 3 N–H and O–H groups in total. The van der Waals surface area contributed by atoms with E-state index in [1.165, 1.54) is 4.90 Å². The van der Waals surface area contributed by atoms with Gasteiger partial charge in [-0.15, -0.1) is 0 Å². The zero-order valence-corrected chi connectivity index (χ0v) is 14.9. The lowest BCUT2D eigenvalue weighted by atomic mass is 9.85. The molecule has 1 aromatic carbocycles. The molecule has 1 aliphatic heterocycles. The van der Waals surface area contributed by atoms with Gasteiger partial charge in [-0.1, -0.05) is 29.8 Å². The van der Waals surface area contributed by atoms with E-state index in [9.17, 15) is 9.59 Å². The smallest absolute Gasteiger partial charge is 0.233 e. The van der Waals surface area contributed by atoms with Crippen LogP contribution in [0.5, 0.6) is 0 Å². The summed E-state index contributed by atoms with van der Waals surface area (Å²) < 4.78 is 0. The second kappa shape index (κ2) is 6.79. The number of imide groups is 1. The number of carbonyl (C=O) groups is 2. The summed E-state index contributed by atoms with van der Waals surface area (Å²) in [5, 5.41) is 3.07. The average Bonchev–Trinajstić information content (AvgIpc) is 2.89. The fourth-order valence-corrected chi connectivity index (χ4v) is 3.50. The molecular weight excluding hydrogens is 344 g/mol. The summed E-state index contributed by atoms with van der Waals surface area (Å²) in [5.74, 6) is -0.279. The Balaban J connectivity index is 1.54. The molecule has 138 valence electrons. The van der Waals surface area contributed by atoms with Crippen LogP contribution in [0.3, 0.4) is 0 Å². The Labute approximate surface area is 156 Å². The number of nitrogens with zero attached hydrogens (tertiary/aromatic N) is 4. The number of allylic oxidation sites excluding steroid dienone is 2. The monoisotopic (exact) mass is 364 g/mol. The van der Waals surface area contributed by atoms with E-state index in [1.54, 1.807) is 0 Å². The van der Waals surface area contributed by atoms with Crippen molar-refractivity contribution in [1.82, 2.24) is 19.9 Å². The summed E-state index contributed by atoms with van der Waals surface area (Å²) in [6.45, 7) is 2.00. The van der Waals surface area contributed by atoms with Crippen LogP contribution in [-0.4, -0.2) is 31.7 Å². The number of nitrogen functional groups attached to an aromatic ring is 1. The van der Waals surface area contributed by atoms with E-state index in [0.717, 1.165) is 11.3 Å². The molecule has 2 amide bonds. The Hall–Kier alpha value is -3.29. The minimum Gasteiger partial charge on any atom is -0.368 e. The molecule has 1 aliphatic carbocycles. The number of hydrogen-bond donors (Lipinski definition) is 2. The highest BCUT2D eigenvalue weighted by atomic mass is 16.2. The van der Waals surface area contributed by atoms with Gasteiger partial charge in [-0.3, -0.25) is 14.5 Å². The fourth-order valence-electron chi connectivity index (χ4n) is 3.50. The first kappa shape index (κ1) is 17.1. The van der Waals surface area contributed by atoms with Crippen molar-refractivity contribution in [1.29, 1.82) is 0 Å². The predicted octanol–water partition coefficient (Wildman–Crippen LogP) is 1.96. The minimum atomic E-state index is -0.271. The third-order valence-corrected chi connectivity index (χ3v) is 4.91. The predicted molar refractivity (Wildman–Crippen MR) is 99.6 cm³/mol. The summed E-state index contributed by atoms with van der Waals surface area (Å²) in [6, 6.07) is 7.73. The fraction of sp³-hybridized carbons (Fsp3) is 0.316. The van der Waals surface area contributed by atoms with Crippen molar-refractivity contribution in [3.05, 3.63) is 47.8 Å². The Kier molecular flexibility index (Phi) is 4.31. The van der Waals surface area contributed by atoms with E-state index in [0.29, 0.717) is 12.8 Å². The molecule has 2 aromatic rings. The molecule has 2 aliphatic rings. The van der Waals surface area contributed by atoms with Gasteiger partial charge in [0, 0.05) is 5.69 Å². The number of nitrogens with one attached hydrogen (secondary N) is 1. The van der Waals surface area contributed by atoms with Gasteiger partial charge in [-0.25, -0.2) is 0 Å². The Morgan fingerprint density at radius 2 is 1.67 bits per heavy atom. The molecular formula is C19H20N6O2. The third kappa shape index (κ3) is 3.38. The van der Waals surface area contributed by atoms with Gasteiger partial charge in [-0.05, 0) is 31.9 Å².